The van der Waals surface area contributed by atoms with Crippen LogP contribution in [-0.4, -0.2) is 40.0 Å². The number of anilines is 3. The zero-order valence-corrected chi connectivity index (χ0v) is 18.4. The van der Waals surface area contributed by atoms with E-state index in [2.05, 4.69) is 30.5 Å². The normalized spacial score (nSPS) is 13.2. The number of hydrazone groups is 1. The van der Waals surface area contributed by atoms with Crippen LogP contribution in [-0.2, 0) is 0 Å². The number of aromatic nitrogens is 2. The molecule has 0 aliphatic heterocycles. The van der Waals surface area contributed by atoms with E-state index in [0.29, 0.717) is 5.56 Å². The summed E-state index contributed by atoms with van der Waals surface area (Å²) in [5, 5.41) is 16.0. The van der Waals surface area contributed by atoms with E-state index in [1.54, 1.807) is 0 Å². The second kappa shape index (κ2) is 11.0. The zero-order valence-electron chi connectivity index (χ0n) is 17.6. The van der Waals surface area contributed by atoms with Crippen LogP contribution in [0.3, 0.4) is 0 Å². The summed E-state index contributed by atoms with van der Waals surface area (Å²) in [5.41, 5.74) is 2.63. The average Bonchev–Trinajstić information content (AvgIpc) is 2.78. The molecule has 1 heterocycles. The van der Waals surface area contributed by atoms with Crippen molar-refractivity contribution in [2.75, 3.05) is 10.7 Å². The number of rotatable bonds is 9. The number of alkyl halides is 7. The van der Waals surface area contributed by atoms with Crippen LogP contribution in [0, 0.1) is 0 Å². The van der Waals surface area contributed by atoms with Crippen LogP contribution >= 0.6 is 11.6 Å². The van der Waals surface area contributed by atoms with E-state index in [9.17, 15) is 35.8 Å². The lowest BCUT2D eigenvalue weighted by molar-refractivity contribution is -0.253. The maximum atomic E-state index is 12.9. The molecule has 0 amide bonds. The van der Waals surface area contributed by atoms with Crippen molar-refractivity contribution < 1.29 is 40.6 Å². The van der Waals surface area contributed by atoms with Crippen molar-refractivity contribution in [2.45, 2.75) is 24.8 Å². The van der Waals surface area contributed by atoms with Gasteiger partial charge >= 0.3 is 18.7 Å². The SMILES string of the molecule is OC(c1cccc(Nc2cc(Cl)nc(N/N=C/c3ccc(OC(F)(F)C(F)F)cc3)n2)c1)C(F)(F)F. The monoisotopic (exact) mass is 537 g/mol. The predicted molar refractivity (Wildman–Crippen MR) is 117 cm³/mol. The van der Waals surface area contributed by atoms with E-state index in [-0.39, 0.29) is 28.2 Å². The summed E-state index contributed by atoms with van der Waals surface area (Å²) in [6.07, 6.45) is -14.9. The number of benzene rings is 2. The fraction of sp³-hybridized carbons (Fsp3) is 0.190. The molecule has 0 saturated heterocycles. The molecule has 0 bridgehead atoms. The third-order valence-electron chi connectivity index (χ3n) is 4.25. The molecule has 0 fully saturated rings. The number of halogens is 8. The summed E-state index contributed by atoms with van der Waals surface area (Å²) in [5.74, 6) is -0.497. The molecule has 36 heavy (non-hydrogen) atoms. The molecular weight excluding hydrogens is 523 g/mol. The molecule has 0 saturated carbocycles. The van der Waals surface area contributed by atoms with Gasteiger partial charge in [-0.1, -0.05) is 23.7 Å². The van der Waals surface area contributed by atoms with Crippen molar-refractivity contribution in [2.24, 2.45) is 5.10 Å². The standard InChI is InChI=1S/C21H15ClF7N5O2/c22-15-9-16(31-13-3-1-2-12(8-13)17(35)20(25,26)27)33-19(32-15)34-30-10-11-4-6-14(7-5-11)36-21(28,29)18(23)24/h1-10,17-18,35H,(H2,31,32,33,34)/b30-10+. The quantitative estimate of drug-likeness (QED) is 0.131. The summed E-state index contributed by atoms with van der Waals surface area (Å²) in [4.78, 5) is 7.95. The molecule has 0 spiro atoms. The van der Waals surface area contributed by atoms with Crippen LogP contribution in [0.15, 0.2) is 59.7 Å². The highest BCUT2D eigenvalue weighted by Crippen LogP contribution is 2.34. The van der Waals surface area contributed by atoms with Gasteiger partial charge in [0.05, 0.1) is 6.21 Å². The Morgan fingerprint density at radius 3 is 2.33 bits per heavy atom. The fourth-order valence-corrected chi connectivity index (χ4v) is 2.83. The van der Waals surface area contributed by atoms with Crippen LogP contribution in [0.5, 0.6) is 5.75 Å². The molecule has 0 radical (unpaired) electrons. The summed E-state index contributed by atoms with van der Waals surface area (Å²) in [7, 11) is 0. The molecule has 2 aromatic carbocycles. The number of hydrogen-bond acceptors (Lipinski definition) is 7. The summed E-state index contributed by atoms with van der Waals surface area (Å²) in [6, 6.07) is 10.9. The van der Waals surface area contributed by atoms with Crippen LogP contribution in [0.1, 0.15) is 17.2 Å². The lowest BCUT2D eigenvalue weighted by Crippen LogP contribution is -2.33. The van der Waals surface area contributed by atoms with Crippen molar-refractivity contribution >= 4 is 35.3 Å². The van der Waals surface area contributed by atoms with E-state index >= 15 is 0 Å². The van der Waals surface area contributed by atoms with E-state index in [1.165, 1.54) is 36.5 Å². The molecule has 3 rings (SSSR count). The minimum Gasteiger partial charge on any atom is -0.428 e. The minimum absolute atomic E-state index is 0.0434. The van der Waals surface area contributed by atoms with E-state index < -0.39 is 30.6 Å². The second-order valence-electron chi connectivity index (χ2n) is 7.00. The van der Waals surface area contributed by atoms with Crippen molar-refractivity contribution in [3.8, 4) is 5.75 Å². The van der Waals surface area contributed by atoms with Gasteiger partial charge in [0.1, 0.15) is 16.7 Å². The molecule has 0 aliphatic carbocycles. The first-order chi connectivity index (χ1) is 16.8. The highest BCUT2D eigenvalue weighted by Gasteiger charge is 2.44. The molecule has 7 nitrogen and oxygen atoms in total. The van der Waals surface area contributed by atoms with Crippen LogP contribution < -0.4 is 15.5 Å². The van der Waals surface area contributed by atoms with Crippen molar-refractivity contribution in [3.63, 3.8) is 0 Å². The third-order valence-corrected chi connectivity index (χ3v) is 4.44. The van der Waals surface area contributed by atoms with Gasteiger partial charge in [0, 0.05) is 11.8 Å². The molecule has 1 atom stereocenters. The van der Waals surface area contributed by atoms with Gasteiger partial charge in [-0.15, -0.1) is 0 Å². The Morgan fingerprint density at radius 1 is 1.00 bits per heavy atom. The highest BCUT2D eigenvalue weighted by atomic mass is 35.5. The Hall–Kier alpha value is -3.65. The molecule has 15 heteroatoms. The van der Waals surface area contributed by atoms with E-state index in [0.717, 1.165) is 24.3 Å². The zero-order chi connectivity index (χ0) is 26.5. The number of nitrogens with one attached hydrogen (secondary N) is 2. The summed E-state index contributed by atoms with van der Waals surface area (Å²) >= 11 is 5.95. The van der Waals surface area contributed by atoms with Gasteiger partial charge in [0.15, 0.2) is 6.10 Å². The van der Waals surface area contributed by atoms with Gasteiger partial charge < -0.3 is 15.2 Å². The number of nitrogens with zero attached hydrogens (tertiary/aromatic N) is 3. The van der Waals surface area contributed by atoms with Gasteiger partial charge in [0.2, 0.25) is 5.95 Å². The lowest BCUT2D eigenvalue weighted by atomic mass is 10.1. The first-order valence-electron chi connectivity index (χ1n) is 9.74. The topological polar surface area (TPSA) is 91.7 Å². The Bertz CT molecular complexity index is 1210. The van der Waals surface area contributed by atoms with Crippen LogP contribution in [0.4, 0.5) is 48.2 Å². The third kappa shape index (κ3) is 7.42. The second-order valence-corrected chi connectivity index (χ2v) is 7.38. The molecule has 3 N–H and O–H groups in total. The molecular formula is C21H15ClF7N5O2. The van der Waals surface area contributed by atoms with Crippen LogP contribution in [0.2, 0.25) is 5.15 Å². The molecule has 1 unspecified atom stereocenters. The van der Waals surface area contributed by atoms with Crippen molar-refractivity contribution in [3.05, 3.63) is 70.9 Å². The van der Waals surface area contributed by atoms with Crippen molar-refractivity contribution in [1.29, 1.82) is 0 Å². The smallest absolute Gasteiger partial charge is 0.428 e. The maximum absolute atomic E-state index is 12.9. The number of aliphatic hydroxyl groups is 1. The predicted octanol–water partition coefficient (Wildman–Crippen LogP) is 6.15. The first-order valence-corrected chi connectivity index (χ1v) is 10.1. The Balaban J connectivity index is 1.66. The molecule has 0 aliphatic rings. The van der Waals surface area contributed by atoms with Crippen molar-refractivity contribution in [1.82, 2.24) is 9.97 Å². The number of ether oxygens (including phenoxy) is 1. The molecule has 1 aromatic heterocycles. The van der Waals surface area contributed by atoms with Gasteiger partial charge in [-0.05, 0) is 47.5 Å². The Morgan fingerprint density at radius 2 is 1.69 bits per heavy atom. The van der Waals surface area contributed by atoms with E-state index in [4.69, 9.17) is 11.6 Å². The Kier molecular flexibility index (Phi) is 8.20. The highest BCUT2D eigenvalue weighted by molar-refractivity contribution is 6.29. The lowest BCUT2D eigenvalue weighted by Gasteiger charge is -2.16. The molecule has 192 valence electrons. The van der Waals surface area contributed by atoms with Gasteiger partial charge in [-0.2, -0.15) is 45.8 Å². The fourth-order valence-electron chi connectivity index (χ4n) is 2.64. The number of aliphatic hydroxyl groups excluding tert-OH is 1. The minimum atomic E-state index is -4.84. The summed E-state index contributed by atoms with van der Waals surface area (Å²) < 4.78 is 92.5. The largest absolute Gasteiger partial charge is 0.461 e. The Labute approximate surface area is 203 Å². The molecule has 3 aromatic rings. The summed E-state index contributed by atoms with van der Waals surface area (Å²) in [6.45, 7) is 0. The van der Waals surface area contributed by atoms with E-state index in [1.807, 2.05) is 0 Å². The van der Waals surface area contributed by atoms with Gasteiger partial charge in [-0.25, -0.2) is 5.43 Å². The van der Waals surface area contributed by atoms with Crippen LogP contribution in [0.25, 0.3) is 0 Å². The first kappa shape index (κ1) is 26.9. The van der Waals surface area contributed by atoms with Gasteiger partial charge in [0.25, 0.3) is 0 Å². The number of hydrogen-bond donors (Lipinski definition) is 3. The van der Waals surface area contributed by atoms with Gasteiger partial charge in [-0.3, -0.25) is 0 Å². The average molecular weight is 538 g/mol. The maximum Gasteiger partial charge on any atom is 0.461 e.